The first kappa shape index (κ1) is 29.6. The number of aryl methyl sites for hydroxylation is 2. The Labute approximate surface area is 226 Å². The molecule has 190 valence electrons. The third-order valence-electron chi connectivity index (χ3n) is 6.59. The summed E-state index contributed by atoms with van der Waals surface area (Å²) >= 11 is 13.6. The second kappa shape index (κ2) is 14.8. The molecule has 0 saturated carbocycles. The Morgan fingerprint density at radius 3 is 2.17 bits per heavy atom. The van der Waals surface area contributed by atoms with Gasteiger partial charge in [0, 0.05) is 17.8 Å². The number of rotatable bonds is 4. The maximum Gasteiger partial charge on any atom is 0.0642 e. The van der Waals surface area contributed by atoms with E-state index in [4.69, 9.17) is 27.8 Å². The highest BCUT2D eigenvalue weighted by Gasteiger charge is 2.33. The van der Waals surface area contributed by atoms with Crippen molar-refractivity contribution in [2.45, 2.75) is 59.4 Å². The van der Waals surface area contributed by atoms with E-state index in [1.807, 2.05) is 26.0 Å². The molecule has 4 rings (SSSR count). The number of hydrogen-bond acceptors (Lipinski definition) is 3. The molecule has 3 unspecified atom stereocenters. The highest BCUT2D eigenvalue weighted by Crippen LogP contribution is 2.44. The van der Waals surface area contributed by atoms with Crippen LogP contribution in [0.4, 0.5) is 5.69 Å². The Balaban J connectivity index is 0.000000803. The maximum absolute atomic E-state index is 7.49. The van der Waals surface area contributed by atoms with E-state index in [1.165, 1.54) is 22.3 Å². The van der Waals surface area contributed by atoms with Gasteiger partial charge in [0.05, 0.1) is 16.8 Å². The molecule has 0 aromatic heterocycles. The van der Waals surface area contributed by atoms with Gasteiger partial charge in [0.15, 0.2) is 0 Å². The molecule has 1 saturated heterocycles. The standard InChI is InChI=1S/C27H29Cl2N.C2H6.CH4OS/c1-18-5-4-6-22(15-18)20(3)23-13-14-30(26-12-7-19(2)16-25(26)29)27(17-23)21-8-10-24(28)11-9-21;1-2;1-3-2/h4-12,15-16,20,23,27H,13-14,17H2,1-3H3;1-2H3;2H,1H3. The van der Waals surface area contributed by atoms with E-state index in [2.05, 4.69) is 80.3 Å². The Kier molecular flexibility index (Phi) is 12.5. The van der Waals surface area contributed by atoms with Crippen LogP contribution >= 0.6 is 35.2 Å². The first-order valence-electron chi connectivity index (χ1n) is 12.4. The van der Waals surface area contributed by atoms with Gasteiger partial charge in [-0.05, 0) is 91.5 Å². The molecular weight excluding hydrogens is 493 g/mol. The van der Waals surface area contributed by atoms with Crippen molar-refractivity contribution in [3.63, 3.8) is 0 Å². The number of piperidine rings is 1. The quantitative estimate of drug-likeness (QED) is 0.338. The first-order chi connectivity index (χ1) is 16.8. The van der Waals surface area contributed by atoms with Gasteiger partial charge in [-0.3, -0.25) is 0 Å². The summed E-state index contributed by atoms with van der Waals surface area (Å²) in [6, 6.07) is 24.0. The SMILES string of the molecule is CC.CSO.Cc1cccc(C(C)C2CCN(c3ccc(C)cc3Cl)C(c3ccc(Cl)cc3)C2)c1. The summed E-state index contributed by atoms with van der Waals surface area (Å²) in [7, 11) is 0. The summed E-state index contributed by atoms with van der Waals surface area (Å²) in [5.41, 5.74) is 6.39. The molecule has 1 heterocycles. The minimum absolute atomic E-state index is 0.286. The van der Waals surface area contributed by atoms with Gasteiger partial charge in [-0.25, -0.2) is 0 Å². The summed E-state index contributed by atoms with van der Waals surface area (Å²) < 4.78 is 7.49. The van der Waals surface area contributed by atoms with Crippen LogP contribution in [0.15, 0.2) is 66.7 Å². The Bertz CT molecular complexity index is 1040. The fourth-order valence-electron chi connectivity index (χ4n) is 4.81. The molecule has 0 bridgehead atoms. The number of anilines is 1. The third kappa shape index (κ3) is 8.18. The van der Waals surface area contributed by atoms with Crippen LogP contribution in [0.2, 0.25) is 10.0 Å². The normalized spacial score (nSPS) is 18.0. The topological polar surface area (TPSA) is 23.5 Å². The monoisotopic (exact) mass is 531 g/mol. The fraction of sp³-hybridized carbons (Fsp3) is 0.400. The molecule has 1 fully saturated rings. The summed E-state index contributed by atoms with van der Waals surface area (Å²) in [6.07, 6.45) is 3.85. The van der Waals surface area contributed by atoms with E-state index in [0.717, 1.165) is 47.2 Å². The molecule has 0 amide bonds. The van der Waals surface area contributed by atoms with E-state index in [9.17, 15) is 0 Å². The molecule has 3 atom stereocenters. The summed E-state index contributed by atoms with van der Waals surface area (Å²) in [5.74, 6) is 1.14. The fourth-order valence-corrected chi connectivity index (χ4v) is 5.28. The molecule has 0 spiro atoms. The van der Waals surface area contributed by atoms with Gasteiger partial charge in [-0.1, -0.05) is 92.0 Å². The van der Waals surface area contributed by atoms with Crippen LogP contribution in [0.3, 0.4) is 0 Å². The van der Waals surface area contributed by atoms with Crippen LogP contribution in [0.1, 0.15) is 67.8 Å². The predicted molar refractivity (Wildman–Crippen MR) is 158 cm³/mol. The number of benzene rings is 3. The van der Waals surface area contributed by atoms with E-state index < -0.39 is 0 Å². The minimum Gasteiger partial charge on any atom is -0.363 e. The van der Waals surface area contributed by atoms with Crippen molar-refractivity contribution < 1.29 is 4.55 Å². The van der Waals surface area contributed by atoms with E-state index in [0.29, 0.717) is 11.8 Å². The van der Waals surface area contributed by atoms with Crippen LogP contribution in [-0.4, -0.2) is 17.4 Å². The second-order valence-corrected chi connectivity index (χ2v) is 10.1. The van der Waals surface area contributed by atoms with Gasteiger partial charge < -0.3 is 9.45 Å². The van der Waals surface area contributed by atoms with Crippen molar-refractivity contribution in [3.8, 4) is 0 Å². The largest absolute Gasteiger partial charge is 0.363 e. The molecule has 1 aliphatic heterocycles. The molecule has 35 heavy (non-hydrogen) atoms. The highest BCUT2D eigenvalue weighted by molar-refractivity contribution is 7.93. The molecule has 3 aromatic rings. The van der Waals surface area contributed by atoms with Crippen LogP contribution in [0.5, 0.6) is 0 Å². The Morgan fingerprint density at radius 1 is 0.943 bits per heavy atom. The van der Waals surface area contributed by atoms with Gasteiger partial charge >= 0.3 is 0 Å². The van der Waals surface area contributed by atoms with Gasteiger partial charge in [-0.2, -0.15) is 0 Å². The lowest BCUT2D eigenvalue weighted by Crippen LogP contribution is -2.38. The van der Waals surface area contributed by atoms with Gasteiger partial charge in [0.2, 0.25) is 0 Å². The van der Waals surface area contributed by atoms with Crippen LogP contribution in [0.25, 0.3) is 0 Å². The van der Waals surface area contributed by atoms with Crippen molar-refractivity contribution in [2.24, 2.45) is 5.92 Å². The van der Waals surface area contributed by atoms with Crippen molar-refractivity contribution in [2.75, 3.05) is 17.7 Å². The second-order valence-electron chi connectivity index (χ2n) is 8.89. The van der Waals surface area contributed by atoms with Crippen molar-refractivity contribution >= 4 is 40.9 Å². The van der Waals surface area contributed by atoms with Gasteiger partial charge in [-0.15, -0.1) is 0 Å². The number of nitrogens with zero attached hydrogens (tertiary/aromatic N) is 1. The van der Waals surface area contributed by atoms with E-state index in [1.54, 1.807) is 6.26 Å². The van der Waals surface area contributed by atoms with Gasteiger partial charge in [0.1, 0.15) is 0 Å². The molecule has 3 aromatic carbocycles. The highest BCUT2D eigenvalue weighted by atomic mass is 35.5. The average Bonchev–Trinajstić information content (AvgIpc) is 2.86. The smallest absolute Gasteiger partial charge is 0.0642 e. The molecule has 5 heteroatoms. The zero-order valence-electron chi connectivity index (χ0n) is 21.8. The Hall–Kier alpha value is -1.65. The molecule has 0 radical (unpaired) electrons. The zero-order valence-corrected chi connectivity index (χ0v) is 24.1. The minimum atomic E-state index is 0.286. The zero-order chi connectivity index (χ0) is 26.0. The summed E-state index contributed by atoms with van der Waals surface area (Å²) in [6.45, 7) is 11.6. The number of halogens is 2. The lowest BCUT2D eigenvalue weighted by atomic mass is 9.77. The van der Waals surface area contributed by atoms with Crippen molar-refractivity contribution in [1.29, 1.82) is 0 Å². The van der Waals surface area contributed by atoms with E-state index >= 15 is 0 Å². The summed E-state index contributed by atoms with van der Waals surface area (Å²) in [4.78, 5) is 2.49. The van der Waals surface area contributed by atoms with Crippen LogP contribution in [-0.2, 0) is 0 Å². The molecule has 1 aliphatic rings. The van der Waals surface area contributed by atoms with Crippen molar-refractivity contribution in [1.82, 2.24) is 0 Å². The lowest BCUT2D eigenvalue weighted by Gasteiger charge is -2.43. The van der Waals surface area contributed by atoms with Crippen LogP contribution in [0, 0.1) is 19.8 Å². The lowest BCUT2D eigenvalue weighted by molar-refractivity contribution is 0.306. The third-order valence-corrected chi connectivity index (χ3v) is 7.14. The van der Waals surface area contributed by atoms with E-state index in [-0.39, 0.29) is 6.04 Å². The van der Waals surface area contributed by atoms with Crippen LogP contribution < -0.4 is 4.90 Å². The maximum atomic E-state index is 7.49. The Morgan fingerprint density at radius 2 is 1.57 bits per heavy atom. The molecule has 2 nitrogen and oxygen atoms in total. The molecule has 0 aliphatic carbocycles. The van der Waals surface area contributed by atoms with Gasteiger partial charge in [0.25, 0.3) is 0 Å². The summed E-state index contributed by atoms with van der Waals surface area (Å²) in [5, 5.41) is 1.61. The van der Waals surface area contributed by atoms with Crippen molar-refractivity contribution in [3.05, 3.63) is 99.0 Å². The molecule has 1 N–H and O–H groups in total. The predicted octanol–water partition coefficient (Wildman–Crippen LogP) is 10.2. The first-order valence-corrected chi connectivity index (χ1v) is 14.3. The molecular formula is C30H39Cl2NOS. The average molecular weight is 533 g/mol. The number of hydrogen-bond donors (Lipinski definition) is 1.